The molecular weight excluding hydrogens is 456 g/mol. The molecule has 0 unspecified atom stereocenters. The van der Waals surface area contributed by atoms with Crippen molar-refractivity contribution in [1.29, 1.82) is 0 Å². The average molecular weight is 485 g/mol. The van der Waals surface area contributed by atoms with Crippen LogP contribution in [-0.4, -0.2) is 30.3 Å². The predicted molar refractivity (Wildman–Crippen MR) is 137 cm³/mol. The smallest absolute Gasteiger partial charge is 0.407 e. The summed E-state index contributed by atoms with van der Waals surface area (Å²) in [5.41, 5.74) is 13.6. The van der Waals surface area contributed by atoms with Gasteiger partial charge in [0.2, 0.25) is 5.91 Å². The lowest BCUT2D eigenvalue weighted by Crippen LogP contribution is -2.42. The molecule has 8 heteroatoms. The molecule has 0 fully saturated rings. The minimum absolute atomic E-state index is 0.107. The lowest BCUT2D eigenvalue weighted by molar-refractivity contribution is -0.119. The zero-order chi connectivity index (χ0) is 25.7. The summed E-state index contributed by atoms with van der Waals surface area (Å²) in [6.45, 7) is 5.97. The van der Waals surface area contributed by atoms with E-state index in [-0.39, 0.29) is 24.5 Å². The molecule has 0 saturated heterocycles. The first kappa shape index (κ1) is 24.8. The van der Waals surface area contributed by atoms with Crippen molar-refractivity contribution in [2.24, 2.45) is 5.11 Å². The SMILES string of the molecule is CC(C)(C)Oc1ccc(C[C@H](NC(=O)OCC2c3ccccc3-c3ccccc32)C(=O)N=[N+]=[N-])cc1. The third-order valence-electron chi connectivity index (χ3n) is 5.86. The summed E-state index contributed by atoms with van der Waals surface area (Å²) in [5.74, 6) is -0.209. The van der Waals surface area contributed by atoms with Gasteiger partial charge in [-0.1, -0.05) is 60.7 Å². The third-order valence-corrected chi connectivity index (χ3v) is 5.86. The van der Waals surface area contributed by atoms with Crippen LogP contribution in [0.2, 0.25) is 0 Å². The van der Waals surface area contributed by atoms with Crippen LogP contribution in [0.15, 0.2) is 77.9 Å². The van der Waals surface area contributed by atoms with Gasteiger partial charge in [0.25, 0.3) is 0 Å². The Morgan fingerprint density at radius 2 is 1.56 bits per heavy atom. The molecule has 3 aromatic carbocycles. The van der Waals surface area contributed by atoms with E-state index in [2.05, 4.69) is 27.5 Å². The maximum atomic E-state index is 12.7. The van der Waals surface area contributed by atoms with Gasteiger partial charge in [0.05, 0.1) is 0 Å². The van der Waals surface area contributed by atoms with Crippen LogP contribution in [0, 0.1) is 0 Å². The van der Waals surface area contributed by atoms with E-state index in [1.807, 2.05) is 57.2 Å². The molecule has 0 spiro atoms. The number of azide groups is 1. The normalized spacial score (nSPS) is 13.1. The van der Waals surface area contributed by atoms with Crippen LogP contribution in [0.3, 0.4) is 0 Å². The summed E-state index contributed by atoms with van der Waals surface area (Å²) in [6.07, 6.45) is -0.617. The van der Waals surface area contributed by atoms with Gasteiger partial charge in [-0.2, -0.15) is 0 Å². The Labute approximate surface area is 209 Å². The van der Waals surface area contributed by atoms with Crippen molar-refractivity contribution in [3.8, 4) is 16.9 Å². The second-order valence-electron chi connectivity index (χ2n) is 9.61. The van der Waals surface area contributed by atoms with Crippen molar-refractivity contribution in [2.45, 2.75) is 44.8 Å². The zero-order valence-electron chi connectivity index (χ0n) is 20.5. The van der Waals surface area contributed by atoms with E-state index in [0.29, 0.717) is 5.75 Å². The Morgan fingerprint density at radius 3 is 2.11 bits per heavy atom. The van der Waals surface area contributed by atoms with Gasteiger partial charge in [-0.15, -0.1) is 0 Å². The number of hydrogen-bond donors (Lipinski definition) is 1. The molecule has 0 aliphatic heterocycles. The first-order valence-electron chi connectivity index (χ1n) is 11.7. The summed E-state index contributed by atoms with van der Waals surface area (Å²) < 4.78 is 11.4. The van der Waals surface area contributed by atoms with Crippen molar-refractivity contribution in [3.63, 3.8) is 0 Å². The Morgan fingerprint density at radius 1 is 0.972 bits per heavy atom. The van der Waals surface area contributed by atoms with E-state index in [9.17, 15) is 9.59 Å². The molecule has 1 aliphatic rings. The Bertz CT molecular complexity index is 1260. The molecule has 36 heavy (non-hydrogen) atoms. The highest BCUT2D eigenvalue weighted by molar-refractivity contribution is 5.86. The highest BCUT2D eigenvalue weighted by Gasteiger charge is 2.29. The largest absolute Gasteiger partial charge is 0.488 e. The topological polar surface area (TPSA) is 113 Å². The van der Waals surface area contributed by atoms with E-state index in [1.54, 1.807) is 24.3 Å². The van der Waals surface area contributed by atoms with Crippen LogP contribution in [0.25, 0.3) is 21.6 Å². The number of ether oxygens (including phenoxy) is 2. The summed E-state index contributed by atoms with van der Waals surface area (Å²) in [6, 6.07) is 22.2. The average Bonchev–Trinajstić information content (AvgIpc) is 3.16. The second-order valence-corrected chi connectivity index (χ2v) is 9.61. The minimum Gasteiger partial charge on any atom is -0.488 e. The zero-order valence-corrected chi connectivity index (χ0v) is 20.5. The molecule has 0 saturated carbocycles. The summed E-state index contributed by atoms with van der Waals surface area (Å²) in [7, 11) is 0. The van der Waals surface area contributed by atoms with Gasteiger partial charge in [-0.25, -0.2) is 4.79 Å². The number of nitrogens with zero attached hydrogens (tertiary/aromatic N) is 3. The first-order valence-corrected chi connectivity index (χ1v) is 11.7. The molecule has 1 aliphatic carbocycles. The maximum absolute atomic E-state index is 12.7. The number of carbonyl (C=O) groups is 2. The molecule has 3 aromatic rings. The maximum Gasteiger partial charge on any atom is 0.407 e. The van der Waals surface area contributed by atoms with E-state index in [1.165, 1.54) is 0 Å². The number of hydrogen-bond acceptors (Lipinski definition) is 4. The molecule has 0 bridgehead atoms. The molecule has 1 N–H and O–H groups in total. The van der Waals surface area contributed by atoms with Gasteiger partial charge in [0, 0.05) is 17.3 Å². The summed E-state index contributed by atoms with van der Waals surface area (Å²) in [4.78, 5) is 27.7. The van der Waals surface area contributed by atoms with Crippen molar-refractivity contribution in [3.05, 3.63) is 99.9 Å². The van der Waals surface area contributed by atoms with Crippen molar-refractivity contribution in [2.75, 3.05) is 6.61 Å². The first-order chi connectivity index (χ1) is 17.2. The molecule has 8 nitrogen and oxygen atoms in total. The molecule has 2 amide bonds. The summed E-state index contributed by atoms with van der Waals surface area (Å²) in [5, 5.41) is 5.75. The number of rotatable bonds is 7. The molecule has 0 heterocycles. The number of alkyl carbamates (subject to hydrolysis) is 1. The molecule has 0 radical (unpaired) electrons. The van der Waals surface area contributed by atoms with Crippen LogP contribution < -0.4 is 10.1 Å². The lowest BCUT2D eigenvalue weighted by Gasteiger charge is -2.21. The molecule has 4 rings (SSSR count). The molecule has 184 valence electrons. The predicted octanol–water partition coefficient (Wildman–Crippen LogP) is 6.15. The highest BCUT2D eigenvalue weighted by Crippen LogP contribution is 2.44. The van der Waals surface area contributed by atoms with Crippen LogP contribution >= 0.6 is 0 Å². The van der Waals surface area contributed by atoms with Gasteiger partial charge in [0.15, 0.2) is 0 Å². The number of amides is 2. The minimum atomic E-state index is -1.06. The van der Waals surface area contributed by atoms with Crippen molar-refractivity contribution < 1.29 is 19.1 Å². The highest BCUT2D eigenvalue weighted by atomic mass is 16.5. The van der Waals surface area contributed by atoms with Crippen molar-refractivity contribution in [1.82, 2.24) is 5.32 Å². The van der Waals surface area contributed by atoms with Gasteiger partial charge in [0.1, 0.15) is 24.0 Å². The summed E-state index contributed by atoms with van der Waals surface area (Å²) >= 11 is 0. The Kier molecular flexibility index (Phi) is 7.27. The third kappa shape index (κ3) is 5.85. The van der Waals surface area contributed by atoms with Crippen LogP contribution in [-0.2, 0) is 16.0 Å². The molecule has 1 atom stereocenters. The molecular formula is C28H28N4O4. The van der Waals surface area contributed by atoms with E-state index < -0.39 is 18.0 Å². The van der Waals surface area contributed by atoms with E-state index >= 15 is 0 Å². The fourth-order valence-corrected chi connectivity index (χ4v) is 4.38. The fraction of sp³-hybridized carbons (Fsp3) is 0.286. The Balaban J connectivity index is 1.43. The fourth-order valence-electron chi connectivity index (χ4n) is 4.38. The number of benzene rings is 3. The number of nitrogens with one attached hydrogen (secondary N) is 1. The van der Waals surface area contributed by atoms with Crippen LogP contribution in [0.4, 0.5) is 4.79 Å². The van der Waals surface area contributed by atoms with Gasteiger partial charge in [-0.3, -0.25) is 4.79 Å². The van der Waals surface area contributed by atoms with E-state index in [0.717, 1.165) is 27.8 Å². The lowest BCUT2D eigenvalue weighted by atomic mass is 9.98. The number of carbonyl (C=O) groups excluding carboxylic acids is 2. The molecule has 0 aromatic heterocycles. The number of fused-ring (bicyclic) bond motifs is 3. The standard InChI is InChI=1S/C28H28N4O4/c1-28(2,3)36-19-14-12-18(13-15-19)16-25(26(33)31-32-29)30-27(34)35-17-24-22-10-6-4-8-20(22)21-9-5-7-11-23(21)24/h4-15,24-25H,16-17H2,1-3H3,(H,30,34)/t25-/m0/s1. The van der Waals surface area contributed by atoms with Gasteiger partial charge >= 0.3 is 6.09 Å². The second kappa shape index (κ2) is 10.5. The van der Waals surface area contributed by atoms with Crippen molar-refractivity contribution >= 4 is 12.0 Å². The quantitative estimate of drug-likeness (QED) is 0.246. The van der Waals surface area contributed by atoms with Gasteiger partial charge in [-0.05, 0) is 71.4 Å². The van der Waals surface area contributed by atoms with Crippen LogP contribution in [0.1, 0.15) is 43.4 Å². The van der Waals surface area contributed by atoms with Crippen LogP contribution in [0.5, 0.6) is 5.75 Å². The van der Waals surface area contributed by atoms with Gasteiger partial charge < -0.3 is 14.8 Å². The Hall–Kier alpha value is -4.29. The monoisotopic (exact) mass is 484 g/mol. The van der Waals surface area contributed by atoms with E-state index in [4.69, 9.17) is 15.0 Å².